The molecule has 252 valence electrons. The van der Waals surface area contributed by atoms with E-state index in [9.17, 15) is 19.5 Å². The number of nitrogens with zero attached hydrogens (tertiary/aromatic N) is 1. The van der Waals surface area contributed by atoms with Crippen molar-refractivity contribution in [2.24, 2.45) is 0 Å². The molecule has 5 aromatic rings. The molecule has 6 rings (SSSR count). The van der Waals surface area contributed by atoms with Crippen molar-refractivity contribution in [3.05, 3.63) is 120 Å². The first-order valence-electron chi connectivity index (χ1n) is 16.0. The minimum absolute atomic E-state index is 0.140. The lowest BCUT2D eigenvalue weighted by Crippen LogP contribution is -2.43. The van der Waals surface area contributed by atoms with Gasteiger partial charge in [0.15, 0.2) is 5.75 Å². The van der Waals surface area contributed by atoms with Gasteiger partial charge in [-0.1, -0.05) is 75.4 Å². The number of methoxy groups -OCH3 is 1. The van der Waals surface area contributed by atoms with Crippen molar-refractivity contribution in [2.75, 3.05) is 36.1 Å². The van der Waals surface area contributed by atoms with Gasteiger partial charge in [-0.3, -0.25) is 10.1 Å². The number of carbonyl (C=O) groups is 3. The van der Waals surface area contributed by atoms with E-state index in [2.05, 4.69) is 20.9 Å². The molecule has 5 N–H and O–H groups in total. The number of hydrogen-bond acceptors (Lipinski definition) is 5. The van der Waals surface area contributed by atoms with E-state index >= 15 is 0 Å². The molecule has 1 aliphatic rings. The molecule has 0 bridgehead atoms. The summed E-state index contributed by atoms with van der Waals surface area (Å²) in [5.74, 6) is 0.0350. The molecular formula is C38H39N5O6. The Hall–Kier alpha value is -5.81. The van der Waals surface area contributed by atoms with Gasteiger partial charge in [-0.2, -0.15) is 0 Å². The molecule has 0 aliphatic carbocycles. The normalized spacial score (nSPS) is 16.2. The number of urea groups is 1. The van der Waals surface area contributed by atoms with Crippen LogP contribution in [-0.2, 0) is 10.2 Å². The predicted octanol–water partition coefficient (Wildman–Crippen LogP) is 8.16. The summed E-state index contributed by atoms with van der Waals surface area (Å²) in [7, 11) is 1.41. The highest BCUT2D eigenvalue weighted by atomic mass is 16.5. The van der Waals surface area contributed by atoms with Crippen LogP contribution in [0.25, 0.3) is 10.8 Å². The lowest BCUT2D eigenvalue weighted by Gasteiger charge is -2.38. The van der Waals surface area contributed by atoms with Crippen molar-refractivity contribution in [2.45, 2.75) is 38.4 Å². The quantitative estimate of drug-likeness (QED) is 0.119. The molecule has 0 radical (unpaired) electrons. The third-order valence-electron chi connectivity index (χ3n) is 8.60. The zero-order valence-electron chi connectivity index (χ0n) is 27.7. The molecular weight excluding hydrogens is 622 g/mol. The molecule has 1 aromatic heterocycles. The van der Waals surface area contributed by atoms with Gasteiger partial charge in [0.2, 0.25) is 0 Å². The van der Waals surface area contributed by atoms with E-state index in [1.54, 1.807) is 24.3 Å². The average Bonchev–Trinajstić information content (AvgIpc) is 3.63. The Bertz CT molecular complexity index is 1990. The van der Waals surface area contributed by atoms with E-state index in [1.807, 2.05) is 98.7 Å². The van der Waals surface area contributed by atoms with Crippen molar-refractivity contribution in [1.29, 1.82) is 0 Å². The largest absolute Gasteiger partial charge is 0.492 e. The lowest BCUT2D eigenvalue weighted by molar-refractivity contribution is -0.0796. The second kappa shape index (κ2) is 13.7. The number of benzene rings is 4. The number of amides is 4. The SMILES string of the molecule is COc1c(NC(=O)O)cc(C(C)(C)C)cc1NC(=O)Nc1ccc(C(=O)N2CC(c3ccccc3)OC(c3cc[nH]c3)C2)c2ccccc12. The highest BCUT2D eigenvalue weighted by Crippen LogP contribution is 2.39. The van der Waals surface area contributed by atoms with Gasteiger partial charge < -0.3 is 35.1 Å². The van der Waals surface area contributed by atoms with E-state index in [0.29, 0.717) is 40.8 Å². The third-order valence-corrected chi connectivity index (χ3v) is 8.60. The number of ether oxygens (including phenoxy) is 2. The Balaban J connectivity index is 1.28. The van der Waals surface area contributed by atoms with Crippen molar-refractivity contribution in [3.63, 3.8) is 0 Å². The molecule has 1 fully saturated rings. The standard InChI is InChI=1S/C38H39N5O6/c1-38(2,3)25-18-30(34(48-4)31(19-25)42-37(46)47)41-36(45)40-29-15-14-28(26-12-8-9-13-27(26)29)35(44)43-21-32(23-10-6-5-7-11-23)49-33(22-43)24-16-17-39-20-24/h5-20,32-33,39,42H,21-22H2,1-4H3,(H,46,47)(H2,40,41,45). The van der Waals surface area contributed by atoms with Crippen LogP contribution in [0.4, 0.5) is 26.7 Å². The van der Waals surface area contributed by atoms with Crippen LogP contribution in [0.1, 0.15) is 60.0 Å². The van der Waals surface area contributed by atoms with Gasteiger partial charge in [0.25, 0.3) is 5.91 Å². The fourth-order valence-electron chi connectivity index (χ4n) is 6.12. The van der Waals surface area contributed by atoms with Crippen LogP contribution in [0.15, 0.2) is 97.3 Å². The van der Waals surface area contributed by atoms with Crippen molar-refractivity contribution >= 4 is 45.9 Å². The van der Waals surface area contributed by atoms with Crippen LogP contribution < -0.4 is 20.7 Å². The Morgan fingerprint density at radius 2 is 1.45 bits per heavy atom. The first-order chi connectivity index (χ1) is 23.5. The number of carboxylic acid groups (broad SMARTS) is 1. The van der Waals surface area contributed by atoms with Gasteiger partial charge in [-0.05, 0) is 57.8 Å². The second-order valence-corrected chi connectivity index (χ2v) is 12.9. The fraction of sp³-hybridized carbons (Fsp3) is 0.237. The van der Waals surface area contributed by atoms with Gasteiger partial charge in [0.05, 0.1) is 37.3 Å². The predicted molar refractivity (Wildman–Crippen MR) is 190 cm³/mol. The number of hydrogen-bond donors (Lipinski definition) is 5. The summed E-state index contributed by atoms with van der Waals surface area (Å²) in [6, 6.07) is 25.6. The average molecular weight is 662 g/mol. The van der Waals surface area contributed by atoms with E-state index in [0.717, 1.165) is 16.7 Å². The summed E-state index contributed by atoms with van der Waals surface area (Å²) in [6.45, 7) is 6.71. The van der Waals surface area contributed by atoms with Crippen LogP contribution >= 0.6 is 0 Å². The minimum Gasteiger partial charge on any atom is -0.492 e. The number of aromatic nitrogens is 1. The number of morpholine rings is 1. The van der Waals surface area contributed by atoms with Crippen molar-refractivity contribution < 1.29 is 29.0 Å². The van der Waals surface area contributed by atoms with Crippen molar-refractivity contribution in [1.82, 2.24) is 9.88 Å². The molecule has 1 saturated heterocycles. The van der Waals surface area contributed by atoms with Gasteiger partial charge in [-0.15, -0.1) is 0 Å². The van der Waals surface area contributed by atoms with E-state index in [4.69, 9.17) is 9.47 Å². The summed E-state index contributed by atoms with van der Waals surface area (Å²) in [6.07, 6.45) is 1.85. The molecule has 0 spiro atoms. The monoisotopic (exact) mass is 661 g/mol. The number of carbonyl (C=O) groups excluding carboxylic acids is 2. The summed E-state index contributed by atoms with van der Waals surface area (Å²) >= 11 is 0. The van der Waals surface area contributed by atoms with E-state index in [1.165, 1.54) is 7.11 Å². The first kappa shape index (κ1) is 33.1. The Labute approximate surface area is 284 Å². The van der Waals surface area contributed by atoms with Gasteiger partial charge in [-0.25, -0.2) is 9.59 Å². The molecule has 2 atom stereocenters. The number of aromatic amines is 1. The number of H-pyrrole nitrogens is 1. The smallest absolute Gasteiger partial charge is 0.409 e. The van der Waals surface area contributed by atoms with Crippen LogP contribution in [0, 0.1) is 0 Å². The van der Waals surface area contributed by atoms with Crippen LogP contribution in [0.3, 0.4) is 0 Å². The Morgan fingerprint density at radius 3 is 2.08 bits per heavy atom. The maximum atomic E-state index is 14.3. The number of rotatable bonds is 7. The highest BCUT2D eigenvalue weighted by molar-refractivity contribution is 6.13. The molecule has 1 aliphatic heterocycles. The topological polar surface area (TPSA) is 145 Å². The third kappa shape index (κ3) is 7.21. The van der Waals surface area contributed by atoms with E-state index in [-0.39, 0.29) is 35.0 Å². The highest BCUT2D eigenvalue weighted by Gasteiger charge is 2.33. The molecule has 11 heteroatoms. The summed E-state index contributed by atoms with van der Waals surface area (Å²) in [5, 5.41) is 18.9. The zero-order chi connectivity index (χ0) is 34.7. The van der Waals surface area contributed by atoms with Crippen LogP contribution in [0.5, 0.6) is 5.75 Å². The Morgan fingerprint density at radius 1 is 0.816 bits per heavy atom. The molecule has 2 heterocycles. The van der Waals surface area contributed by atoms with Crippen LogP contribution in [-0.4, -0.2) is 53.2 Å². The summed E-state index contributed by atoms with van der Waals surface area (Å²) in [5.41, 5.74) is 3.90. The summed E-state index contributed by atoms with van der Waals surface area (Å²) < 4.78 is 12.0. The summed E-state index contributed by atoms with van der Waals surface area (Å²) in [4.78, 5) is 44.2. The molecule has 11 nitrogen and oxygen atoms in total. The maximum absolute atomic E-state index is 14.3. The lowest BCUT2D eigenvalue weighted by atomic mass is 9.86. The Kier molecular flexibility index (Phi) is 9.28. The maximum Gasteiger partial charge on any atom is 0.409 e. The van der Waals surface area contributed by atoms with Gasteiger partial charge in [0.1, 0.15) is 12.2 Å². The zero-order valence-corrected chi connectivity index (χ0v) is 27.7. The number of nitrogens with one attached hydrogen (secondary N) is 4. The van der Waals surface area contributed by atoms with E-state index < -0.39 is 12.1 Å². The number of anilines is 3. The molecule has 4 aromatic carbocycles. The molecule has 4 amide bonds. The van der Waals surface area contributed by atoms with Crippen LogP contribution in [0.2, 0.25) is 0 Å². The molecule has 49 heavy (non-hydrogen) atoms. The molecule has 2 unspecified atom stereocenters. The van der Waals surface area contributed by atoms with Gasteiger partial charge >= 0.3 is 12.1 Å². The first-order valence-corrected chi connectivity index (χ1v) is 16.0. The van der Waals surface area contributed by atoms with Crippen molar-refractivity contribution in [3.8, 4) is 5.75 Å². The number of fused-ring (bicyclic) bond motifs is 1. The second-order valence-electron chi connectivity index (χ2n) is 12.9. The molecule has 0 saturated carbocycles. The fourth-order valence-corrected chi connectivity index (χ4v) is 6.12. The minimum atomic E-state index is -1.26. The van der Waals surface area contributed by atoms with Gasteiger partial charge in [0, 0.05) is 23.3 Å².